The van der Waals surface area contributed by atoms with E-state index in [9.17, 15) is 4.79 Å². The third-order valence-electron chi connectivity index (χ3n) is 4.80. The van der Waals surface area contributed by atoms with E-state index < -0.39 is 0 Å². The topological polar surface area (TPSA) is 50.6 Å². The van der Waals surface area contributed by atoms with Crippen LogP contribution in [0, 0.1) is 0 Å². The van der Waals surface area contributed by atoms with Crippen molar-refractivity contribution in [3.05, 3.63) is 64.7 Å². The number of aromatic nitrogens is 2. The van der Waals surface area contributed by atoms with Crippen LogP contribution in [0.2, 0.25) is 0 Å². The number of ether oxygens (including phenoxy) is 1. The molecule has 0 saturated carbocycles. The largest absolute Gasteiger partial charge is 0.495 e. The molecule has 0 bridgehead atoms. The Balaban J connectivity index is 1.39. The maximum absolute atomic E-state index is 13.0. The van der Waals surface area contributed by atoms with Crippen molar-refractivity contribution < 1.29 is 9.53 Å². The minimum atomic E-state index is 0.0962. The highest BCUT2D eigenvalue weighted by Crippen LogP contribution is 2.19. The van der Waals surface area contributed by atoms with Gasteiger partial charge in [-0.1, -0.05) is 6.07 Å². The standard InChI is InChI=1S/C20H22N4O2S/c1-26-16-6-7-19(21-14-16)22-9-11-23(12-10-22)20(25)18-5-2-8-24(18)15-17-4-3-13-27-17/h2-8,13-14H,9-12,15H2,1H3. The van der Waals surface area contributed by atoms with Crippen LogP contribution in [0.4, 0.5) is 5.82 Å². The highest BCUT2D eigenvalue weighted by Gasteiger charge is 2.24. The molecule has 0 N–H and O–H groups in total. The Labute approximate surface area is 162 Å². The molecule has 1 aliphatic heterocycles. The van der Waals surface area contributed by atoms with Crippen LogP contribution in [-0.2, 0) is 6.54 Å². The van der Waals surface area contributed by atoms with Crippen LogP contribution in [0.3, 0.4) is 0 Å². The van der Waals surface area contributed by atoms with Crippen molar-refractivity contribution in [1.82, 2.24) is 14.5 Å². The van der Waals surface area contributed by atoms with Gasteiger partial charge in [-0.05, 0) is 35.7 Å². The summed E-state index contributed by atoms with van der Waals surface area (Å²) in [5.41, 5.74) is 0.749. The molecule has 0 unspecified atom stereocenters. The van der Waals surface area contributed by atoms with Gasteiger partial charge in [0.25, 0.3) is 5.91 Å². The zero-order valence-corrected chi connectivity index (χ0v) is 16.1. The molecule has 0 radical (unpaired) electrons. The van der Waals surface area contributed by atoms with Crippen molar-refractivity contribution in [2.24, 2.45) is 0 Å². The fourth-order valence-electron chi connectivity index (χ4n) is 3.30. The first-order chi connectivity index (χ1) is 13.2. The number of nitrogens with zero attached hydrogens (tertiary/aromatic N) is 4. The molecule has 1 amide bonds. The normalized spacial score (nSPS) is 14.4. The zero-order valence-electron chi connectivity index (χ0n) is 15.2. The molecule has 1 fully saturated rings. The van der Waals surface area contributed by atoms with Gasteiger partial charge in [0.15, 0.2) is 0 Å². The van der Waals surface area contributed by atoms with Crippen molar-refractivity contribution in [2.75, 3.05) is 38.2 Å². The number of piperazine rings is 1. The number of carbonyl (C=O) groups is 1. The van der Waals surface area contributed by atoms with Crippen molar-refractivity contribution >= 4 is 23.1 Å². The number of pyridine rings is 1. The van der Waals surface area contributed by atoms with Crippen LogP contribution in [0.15, 0.2) is 54.2 Å². The van der Waals surface area contributed by atoms with Gasteiger partial charge in [0.05, 0.1) is 19.9 Å². The summed E-state index contributed by atoms with van der Waals surface area (Å²) in [6.07, 6.45) is 3.70. The van der Waals surface area contributed by atoms with Gasteiger partial charge < -0.3 is 19.1 Å². The van der Waals surface area contributed by atoms with Crippen LogP contribution in [0.1, 0.15) is 15.4 Å². The molecule has 1 saturated heterocycles. The number of hydrogen-bond donors (Lipinski definition) is 0. The molecule has 140 valence electrons. The fraction of sp³-hybridized carbons (Fsp3) is 0.300. The lowest BCUT2D eigenvalue weighted by Crippen LogP contribution is -2.49. The van der Waals surface area contributed by atoms with E-state index in [-0.39, 0.29) is 5.91 Å². The smallest absolute Gasteiger partial charge is 0.270 e. The Morgan fingerprint density at radius 2 is 2.00 bits per heavy atom. The number of methoxy groups -OCH3 is 1. The summed E-state index contributed by atoms with van der Waals surface area (Å²) >= 11 is 1.71. The molecule has 27 heavy (non-hydrogen) atoms. The van der Waals surface area contributed by atoms with Gasteiger partial charge in [-0.25, -0.2) is 4.98 Å². The van der Waals surface area contributed by atoms with Gasteiger partial charge in [0.2, 0.25) is 0 Å². The van der Waals surface area contributed by atoms with Gasteiger partial charge in [-0.2, -0.15) is 0 Å². The second kappa shape index (κ2) is 7.84. The summed E-state index contributed by atoms with van der Waals surface area (Å²) in [6, 6.07) is 11.9. The van der Waals surface area contributed by atoms with Crippen LogP contribution in [0.5, 0.6) is 5.75 Å². The summed E-state index contributed by atoms with van der Waals surface area (Å²) < 4.78 is 7.19. The number of amides is 1. The van der Waals surface area contributed by atoms with Gasteiger partial charge in [-0.15, -0.1) is 11.3 Å². The first-order valence-electron chi connectivity index (χ1n) is 8.96. The molecule has 3 aromatic heterocycles. The summed E-state index contributed by atoms with van der Waals surface area (Å²) in [7, 11) is 1.63. The monoisotopic (exact) mass is 382 g/mol. The maximum Gasteiger partial charge on any atom is 0.270 e. The average Bonchev–Trinajstić information content (AvgIpc) is 3.40. The van der Waals surface area contributed by atoms with Gasteiger partial charge in [-0.3, -0.25) is 4.79 Å². The van der Waals surface area contributed by atoms with Gasteiger partial charge >= 0.3 is 0 Å². The fourth-order valence-corrected chi connectivity index (χ4v) is 4.00. The minimum absolute atomic E-state index is 0.0962. The highest BCUT2D eigenvalue weighted by atomic mass is 32.1. The first-order valence-corrected chi connectivity index (χ1v) is 9.84. The van der Waals surface area contributed by atoms with Gasteiger partial charge in [0.1, 0.15) is 17.3 Å². The number of rotatable bonds is 5. The predicted octanol–water partition coefficient (Wildman–Crippen LogP) is 2.96. The van der Waals surface area contributed by atoms with E-state index in [1.54, 1.807) is 24.6 Å². The molecule has 0 aromatic carbocycles. The van der Waals surface area contributed by atoms with Crippen molar-refractivity contribution in [3.63, 3.8) is 0 Å². The van der Waals surface area contributed by atoms with Crippen LogP contribution in [0.25, 0.3) is 0 Å². The van der Waals surface area contributed by atoms with Crippen LogP contribution in [-0.4, -0.2) is 53.6 Å². The second-order valence-corrected chi connectivity index (χ2v) is 7.47. The number of carbonyl (C=O) groups excluding carboxylic acids is 1. The highest BCUT2D eigenvalue weighted by molar-refractivity contribution is 7.09. The number of anilines is 1. The molecule has 0 aliphatic carbocycles. The Kier molecular flexibility index (Phi) is 5.11. The Morgan fingerprint density at radius 1 is 1.15 bits per heavy atom. The quantitative estimate of drug-likeness (QED) is 0.681. The number of thiophene rings is 1. The minimum Gasteiger partial charge on any atom is -0.495 e. The van der Waals surface area contributed by atoms with Crippen LogP contribution < -0.4 is 9.64 Å². The van der Waals surface area contributed by atoms with E-state index in [0.717, 1.165) is 36.9 Å². The lowest BCUT2D eigenvalue weighted by Gasteiger charge is -2.35. The van der Waals surface area contributed by atoms with Gasteiger partial charge in [0, 0.05) is 37.3 Å². The van der Waals surface area contributed by atoms with E-state index in [0.29, 0.717) is 13.1 Å². The molecule has 0 atom stereocenters. The molecule has 3 aromatic rings. The van der Waals surface area contributed by atoms with Crippen LogP contribution >= 0.6 is 11.3 Å². The third kappa shape index (κ3) is 3.83. The summed E-state index contributed by atoms with van der Waals surface area (Å²) in [6.45, 7) is 3.67. The third-order valence-corrected chi connectivity index (χ3v) is 5.66. The first kappa shape index (κ1) is 17.6. The Morgan fingerprint density at radius 3 is 2.67 bits per heavy atom. The van der Waals surface area contributed by atoms with E-state index in [2.05, 4.69) is 21.3 Å². The van der Waals surface area contributed by atoms with Crippen molar-refractivity contribution in [3.8, 4) is 5.75 Å². The molecule has 7 heteroatoms. The molecular weight excluding hydrogens is 360 g/mol. The number of hydrogen-bond acceptors (Lipinski definition) is 5. The second-order valence-electron chi connectivity index (χ2n) is 6.44. The molecule has 6 nitrogen and oxygen atoms in total. The molecule has 4 heterocycles. The average molecular weight is 382 g/mol. The van der Waals surface area contributed by atoms with Crippen molar-refractivity contribution in [1.29, 1.82) is 0 Å². The predicted molar refractivity (Wildman–Crippen MR) is 107 cm³/mol. The molecule has 4 rings (SSSR count). The zero-order chi connectivity index (χ0) is 18.6. The summed E-state index contributed by atoms with van der Waals surface area (Å²) in [4.78, 5) is 22.8. The molecule has 0 spiro atoms. The molecule has 1 aliphatic rings. The Bertz CT molecular complexity index is 881. The molecular formula is C20H22N4O2S. The van der Waals surface area contributed by atoms with E-state index in [4.69, 9.17) is 4.74 Å². The lowest BCUT2D eigenvalue weighted by molar-refractivity contribution is 0.0736. The van der Waals surface area contributed by atoms with E-state index in [1.807, 2.05) is 46.0 Å². The van der Waals surface area contributed by atoms with E-state index >= 15 is 0 Å². The maximum atomic E-state index is 13.0. The Hall–Kier alpha value is -2.80. The summed E-state index contributed by atoms with van der Waals surface area (Å²) in [5, 5.41) is 2.06. The SMILES string of the molecule is COc1ccc(N2CCN(C(=O)c3cccn3Cc3cccs3)CC2)nc1. The van der Waals surface area contributed by atoms with E-state index in [1.165, 1.54) is 4.88 Å². The lowest BCUT2D eigenvalue weighted by atomic mass is 10.2. The van der Waals surface area contributed by atoms with Crippen molar-refractivity contribution in [2.45, 2.75) is 6.54 Å². The summed E-state index contributed by atoms with van der Waals surface area (Å²) in [5.74, 6) is 1.77.